The van der Waals surface area contributed by atoms with Crippen LogP contribution < -0.4 is 24.4 Å². The van der Waals surface area contributed by atoms with Crippen molar-refractivity contribution in [2.45, 2.75) is 68.7 Å². The summed E-state index contributed by atoms with van der Waals surface area (Å²) < 4.78 is 81.9. The van der Waals surface area contributed by atoms with Crippen LogP contribution in [0.2, 0.25) is 5.02 Å². The number of aromatic nitrogens is 6. The molecule has 8 heterocycles. The van der Waals surface area contributed by atoms with Crippen LogP contribution in [-0.2, 0) is 0 Å². The molecule has 3 atom stereocenters. The number of likely N-dealkylation sites (tertiary alicyclic amines) is 1. The number of phenolic OH excluding ortho intramolecular Hbond substituents is 1. The highest BCUT2D eigenvalue weighted by Gasteiger charge is 2.48. The van der Waals surface area contributed by atoms with Crippen molar-refractivity contribution in [3.05, 3.63) is 83.0 Å². The first kappa shape index (κ1) is 48.4. The number of terminal acetylenes is 1. The van der Waals surface area contributed by atoms with Gasteiger partial charge in [-0.2, -0.15) is 15.0 Å². The van der Waals surface area contributed by atoms with Gasteiger partial charge in [0.15, 0.2) is 11.5 Å². The molecule has 74 heavy (non-hydrogen) atoms. The summed E-state index contributed by atoms with van der Waals surface area (Å²) in [7, 11) is 0. The monoisotopic (exact) mass is 1030 g/mol. The standard InChI is InChI=1S/C54H54ClF4N11O4/c1-2-38-42(56)13-8-32-24-35(71)25-39(45(32)38)48-46(57)49-40(27-60-48)51(70-28-33-9-10-34(29-70)61-33)66-52(64-49)73-23-20-67-16-18-69(19-17-67)44-14-15-68(30-54(44,58)59)21-22-72-36-11-6-31(7-12-36)47-41(55)26-43-50(63-47)65-53(62-43)74-37-4-3-5-37/h1,6-8,11-13,24-27,33-34,37,44,61,71H,3-5,9-10,14-23,28-30H2,(H,62,63,65). The molecule has 0 spiro atoms. The molecule has 1 saturated carbocycles. The summed E-state index contributed by atoms with van der Waals surface area (Å²) in [6.07, 6.45) is 13.0. The first-order valence-corrected chi connectivity index (χ1v) is 25.8. The number of rotatable bonds is 14. The van der Waals surface area contributed by atoms with Gasteiger partial charge in [-0.15, -0.1) is 6.42 Å². The molecule has 5 aliphatic rings. The number of alkyl halides is 2. The minimum atomic E-state index is -2.91. The Morgan fingerprint density at radius 2 is 1.61 bits per heavy atom. The minimum absolute atomic E-state index is 0.0231. The highest BCUT2D eigenvalue weighted by Crippen LogP contribution is 2.40. The molecule has 5 fully saturated rings. The second-order valence-electron chi connectivity index (χ2n) is 20.1. The Morgan fingerprint density at radius 1 is 0.838 bits per heavy atom. The summed E-state index contributed by atoms with van der Waals surface area (Å²) in [5, 5.41) is 15.8. The van der Waals surface area contributed by atoms with Gasteiger partial charge in [-0.1, -0.05) is 23.6 Å². The van der Waals surface area contributed by atoms with Gasteiger partial charge in [-0.3, -0.25) is 19.7 Å². The molecule has 0 radical (unpaired) electrons. The van der Waals surface area contributed by atoms with Crippen molar-refractivity contribution in [1.29, 1.82) is 0 Å². The van der Waals surface area contributed by atoms with Gasteiger partial charge in [0.25, 0.3) is 11.9 Å². The van der Waals surface area contributed by atoms with Crippen molar-refractivity contribution < 1.29 is 36.9 Å². The zero-order valence-electron chi connectivity index (χ0n) is 40.5. The molecule has 384 valence electrons. The molecule has 0 amide bonds. The quantitative estimate of drug-likeness (QED) is 0.0711. The summed E-state index contributed by atoms with van der Waals surface area (Å²) in [6.45, 7) is 4.83. The van der Waals surface area contributed by atoms with Gasteiger partial charge >= 0.3 is 6.01 Å². The molecule has 4 aromatic heterocycles. The lowest BCUT2D eigenvalue weighted by molar-refractivity contribution is -0.134. The van der Waals surface area contributed by atoms with Crippen LogP contribution in [0.25, 0.3) is 55.4 Å². The Kier molecular flexibility index (Phi) is 13.0. The van der Waals surface area contributed by atoms with Crippen molar-refractivity contribution >= 4 is 50.3 Å². The lowest BCUT2D eigenvalue weighted by Crippen LogP contribution is -2.62. The largest absolute Gasteiger partial charge is 0.508 e. The number of hydrogen-bond acceptors (Lipinski definition) is 14. The first-order valence-electron chi connectivity index (χ1n) is 25.4. The number of imidazole rings is 1. The Labute approximate surface area is 429 Å². The number of piperidine rings is 1. The molecule has 2 bridgehead atoms. The third-order valence-electron chi connectivity index (χ3n) is 15.3. The van der Waals surface area contributed by atoms with E-state index in [9.17, 15) is 5.11 Å². The maximum absolute atomic E-state index is 17.0. The predicted octanol–water partition coefficient (Wildman–Crippen LogP) is 8.06. The fourth-order valence-electron chi connectivity index (χ4n) is 11.2. The van der Waals surface area contributed by atoms with E-state index in [0.717, 1.165) is 37.7 Å². The molecule has 12 rings (SSSR count). The molecular weight excluding hydrogens is 978 g/mol. The van der Waals surface area contributed by atoms with Crippen LogP contribution in [0.1, 0.15) is 44.1 Å². The predicted molar refractivity (Wildman–Crippen MR) is 273 cm³/mol. The third kappa shape index (κ3) is 9.58. The number of ether oxygens (including phenoxy) is 3. The van der Waals surface area contributed by atoms with E-state index in [-0.39, 0.29) is 77.4 Å². The van der Waals surface area contributed by atoms with Crippen molar-refractivity contribution in [3.63, 3.8) is 0 Å². The molecule has 3 unspecified atom stereocenters. The Hall–Kier alpha value is -6.56. The van der Waals surface area contributed by atoms with Crippen molar-refractivity contribution in [1.82, 2.24) is 49.9 Å². The van der Waals surface area contributed by atoms with E-state index >= 15 is 17.6 Å². The van der Waals surface area contributed by atoms with Crippen LogP contribution >= 0.6 is 11.6 Å². The van der Waals surface area contributed by atoms with E-state index in [4.69, 9.17) is 37.2 Å². The van der Waals surface area contributed by atoms with Gasteiger partial charge in [0, 0.05) is 93.7 Å². The van der Waals surface area contributed by atoms with E-state index < -0.39 is 23.6 Å². The number of phenols is 1. The maximum atomic E-state index is 17.0. The zero-order chi connectivity index (χ0) is 50.7. The van der Waals surface area contributed by atoms with Crippen molar-refractivity contribution in [3.8, 4) is 58.4 Å². The number of aromatic amines is 1. The van der Waals surface area contributed by atoms with E-state index in [0.29, 0.717) is 116 Å². The SMILES string of the molecule is C#Cc1c(F)ccc2cc(O)cc(-c3ncc4c(N5CC6CCC(C5)N6)nc(OCCN5CCN(C6CCN(CCOc7ccc(-c8nc9nc(OC%10CCC%10)[nH]c9cc8Cl)cc7)CC6(F)F)CC5)nc4c3F)c12. The van der Waals surface area contributed by atoms with Crippen LogP contribution in [0.4, 0.5) is 23.4 Å². The number of piperazine rings is 2. The van der Waals surface area contributed by atoms with E-state index in [1.807, 2.05) is 29.2 Å². The molecule has 15 nitrogen and oxygen atoms in total. The molecule has 4 saturated heterocycles. The van der Waals surface area contributed by atoms with Crippen LogP contribution in [-0.4, -0.2) is 159 Å². The van der Waals surface area contributed by atoms with Crippen LogP contribution in [0.15, 0.2) is 60.8 Å². The lowest BCUT2D eigenvalue weighted by atomic mass is 9.96. The maximum Gasteiger partial charge on any atom is 0.319 e. The fraction of sp³-hybridized carbons (Fsp3) is 0.426. The summed E-state index contributed by atoms with van der Waals surface area (Å²) in [4.78, 5) is 34.2. The number of anilines is 1. The Balaban J connectivity index is 0.653. The molecule has 1 aliphatic carbocycles. The highest BCUT2D eigenvalue weighted by molar-refractivity contribution is 6.33. The second kappa shape index (κ2) is 19.9. The molecule has 7 aromatic rings. The van der Waals surface area contributed by atoms with Crippen LogP contribution in [0.3, 0.4) is 0 Å². The molecular formula is C54H54ClF4N11O4. The summed E-state index contributed by atoms with van der Waals surface area (Å²) in [6, 6.07) is 14.7. The molecule has 4 aliphatic heterocycles. The fourth-order valence-corrected chi connectivity index (χ4v) is 11.5. The normalized spacial score (nSPS) is 21.6. The average Bonchev–Trinajstić information content (AvgIpc) is 3.94. The van der Waals surface area contributed by atoms with Gasteiger partial charge < -0.3 is 34.5 Å². The van der Waals surface area contributed by atoms with Crippen LogP contribution in [0.5, 0.6) is 23.5 Å². The minimum Gasteiger partial charge on any atom is -0.508 e. The average molecular weight is 1030 g/mol. The number of halogens is 5. The summed E-state index contributed by atoms with van der Waals surface area (Å²) in [5.74, 6) is -1.05. The van der Waals surface area contributed by atoms with Gasteiger partial charge in [0.2, 0.25) is 0 Å². The zero-order valence-corrected chi connectivity index (χ0v) is 41.2. The molecule has 20 heteroatoms. The second-order valence-corrected chi connectivity index (χ2v) is 20.5. The number of aromatic hydroxyl groups is 1. The highest BCUT2D eigenvalue weighted by atomic mass is 35.5. The number of nitrogens with zero attached hydrogens (tertiary/aromatic N) is 9. The van der Waals surface area contributed by atoms with Gasteiger partial charge in [-0.05, 0) is 92.4 Å². The number of pyridine rings is 2. The summed E-state index contributed by atoms with van der Waals surface area (Å²) >= 11 is 6.62. The molecule has 3 aromatic carbocycles. The summed E-state index contributed by atoms with van der Waals surface area (Å²) in [5.41, 5.74) is 2.44. The first-order chi connectivity index (χ1) is 35.9. The number of hydrogen-bond donors (Lipinski definition) is 3. The van der Waals surface area contributed by atoms with Crippen molar-refractivity contribution in [2.75, 3.05) is 83.6 Å². The number of fused-ring (bicyclic) bond motifs is 5. The van der Waals surface area contributed by atoms with Gasteiger partial charge in [0.1, 0.15) is 53.7 Å². The van der Waals surface area contributed by atoms with E-state index in [2.05, 4.69) is 46.0 Å². The van der Waals surface area contributed by atoms with Gasteiger partial charge in [0.05, 0.1) is 39.8 Å². The smallest absolute Gasteiger partial charge is 0.319 e. The Bertz CT molecular complexity index is 3280. The van der Waals surface area contributed by atoms with Gasteiger partial charge in [-0.25, -0.2) is 22.5 Å². The van der Waals surface area contributed by atoms with Crippen molar-refractivity contribution in [2.24, 2.45) is 0 Å². The number of benzene rings is 3. The van der Waals surface area contributed by atoms with E-state index in [1.54, 1.807) is 11.0 Å². The van der Waals surface area contributed by atoms with Crippen LogP contribution in [0, 0.1) is 24.0 Å². The topological polar surface area (TPSA) is 153 Å². The third-order valence-corrected chi connectivity index (χ3v) is 15.6. The molecule has 3 N–H and O–H groups in total. The lowest BCUT2D eigenvalue weighted by Gasteiger charge is -2.46. The van der Waals surface area contributed by atoms with E-state index in [1.165, 1.54) is 30.5 Å². The number of H-pyrrole nitrogens is 1. The Morgan fingerprint density at radius 3 is 2.35 bits per heavy atom. The number of nitrogens with one attached hydrogen (secondary N) is 2.